The SMILES string of the molecule is O=C(O)C(Nc1ccccc1Br)c1sccc1Br. The molecular formula is C12H9Br2NO2S. The Kier molecular flexibility index (Phi) is 4.42. The first kappa shape index (κ1) is 13.6. The third-order valence-corrected chi connectivity index (χ3v) is 4.95. The smallest absolute Gasteiger partial charge is 0.331 e. The van der Waals surface area contributed by atoms with E-state index in [4.69, 9.17) is 0 Å². The first-order valence-electron chi connectivity index (χ1n) is 5.06. The summed E-state index contributed by atoms with van der Waals surface area (Å²) in [4.78, 5) is 12.1. The number of hydrogen-bond acceptors (Lipinski definition) is 3. The van der Waals surface area contributed by atoms with Crippen LogP contribution >= 0.6 is 43.2 Å². The lowest BCUT2D eigenvalue weighted by Gasteiger charge is -2.16. The summed E-state index contributed by atoms with van der Waals surface area (Å²) in [6.07, 6.45) is 0. The van der Waals surface area contributed by atoms with Gasteiger partial charge in [-0.3, -0.25) is 0 Å². The summed E-state index contributed by atoms with van der Waals surface area (Å²) in [5, 5.41) is 14.2. The minimum Gasteiger partial charge on any atom is -0.479 e. The zero-order valence-corrected chi connectivity index (χ0v) is 13.0. The van der Waals surface area contributed by atoms with E-state index in [0.717, 1.165) is 19.5 Å². The van der Waals surface area contributed by atoms with Crippen LogP contribution in [0.3, 0.4) is 0 Å². The van der Waals surface area contributed by atoms with Gasteiger partial charge in [-0.15, -0.1) is 11.3 Å². The molecule has 6 heteroatoms. The molecule has 1 aromatic carbocycles. The quantitative estimate of drug-likeness (QED) is 0.807. The van der Waals surface area contributed by atoms with Gasteiger partial charge in [-0.25, -0.2) is 4.79 Å². The van der Waals surface area contributed by atoms with Crippen LogP contribution < -0.4 is 5.32 Å². The Morgan fingerprint density at radius 1 is 1.22 bits per heavy atom. The first-order valence-corrected chi connectivity index (χ1v) is 7.53. The van der Waals surface area contributed by atoms with Crippen LogP contribution in [0.1, 0.15) is 10.9 Å². The van der Waals surface area contributed by atoms with Crippen molar-refractivity contribution in [3.63, 3.8) is 0 Å². The molecule has 2 rings (SSSR count). The maximum absolute atomic E-state index is 11.4. The molecule has 2 N–H and O–H groups in total. The number of para-hydroxylation sites is 1. The molecule has 2 aromatic rings. The molecule has 1 heterocycles. The second-order valence-corrected chi connectivity index (χ2v) is 6.18. The fourth-order valence-corrected chi connectivity index (χ4v) is 3.53. The van der Waals surface area contributed by atoms with E-state index >= 15 is 0 Å². The second kappa shape index (κ2) is 5.86. The lowest BCUT2D eigenvalue weighted by Crippen LogP contribution is -2.20. The van der Waals surface area contributed by atoms with E-state index in [1.54, 1.807) is 0 Å². The van der Waals surface area contributed by atoms with Crippen molar-refractivity contribution in [2.45, 2.75) is 6.04 Å². The summed E-state index contributed by atoms with van der Waals surface area (Å²) in [5.74, 6) is -0.908. The van der Waals surface area contributed by atoms with E-state index in [2.05, 4.69) is 37.2 Å². The van der Waals surface area contributed by atoms with Crippen LogP contribution in [-0.4, -0.2) is 11.1 Å². The minimum absolute atomic E-state index is 0.748. The van der Waals surface area contributed by atoms with Crippen molar-refractivity contribution in [3.05, 3.63) is 49.5 Å². The molecule has 94 valence electrons. The Morgan fingerprint density at radius 3 is 2.50 bits per heavy atom. The zero-order valence-electron chi connectivity index (χ0n) is 9.06. The van der Waals surface area contributed by atoms with Crippen molar-refractivity contribution in [3.8, 4) is 0 Å². The standard InChI is InChI=1S/C12H9Br2NO2S/c13-7-3-1-2-4-9(7)15-10(12(16)17)11-8(14)5-6-18-11/h1-6,10,15H,(H,16,17). The van der Waals surface area contributed by atoms with Crippen LogP contribution in [0.2, 0.25) is 0 Å². The van der Waals surface area contributed by atoms with Gasteiger partial charge in [-0.05, 0) is 55.4 Å². The normalized spacial score (nSPS) is 12.1. The molecule has 0 saturated carbocycles. The van der Waals surface area contributed by atoms with E-state index < -0.39 is 12.0 Å². The van der Waals surface area contributed by atoms with Gasteiger partial charge in [-0.2, -0.15) is 0 Å². The Labute approximate surface area is 125 Å². The molecule has 1 atom stereocenters. The number of carboxylic acid groups (broad SMARTS) is 1. The van der Waals surface area contributed by atoms with Gasteiger partial charge in [-0.1, -0.05) is 12.1 Å². The predicted molar refractivity (Wildman–Crippen MR) is 80.2 cm³/mol. The highest BCUT2D eigenvalue weighted by molar-refractivity contribution is 9.11. The first-order chi connectivity index (χ1) is 8.59. The number of carboxylic acids is 1. The maximum atomic E-state index is 11.4. The monoisotopic (exact) mass is 389 g/mol. The molecule has 0 fully saturated rings. The predicted octanol–water partition coefficient (Wildman–Crippen LogP) is 4.51. The lowest BCUT2D eigenvalue weighted by molar-refractivity contribution is -0.138. The molecule has 0 spiro atoms. The molecule has 0 aliphatic rings. The van der Waals surface area contributed by atoms with Gasteiger partial charge in [0.1, 0.15) is 0 Å². The van der Waals surface area contributed by atoms with E-state index in [-0.39, 0.29) is 0 Å². The average Bonchev–Trinajstić information content (AvgIpc) is 2.74. The van der Waals surface area contributed by atoms with Crippen LogP contribution in [0.25, 0.3) is 0 Å². The number of aliphatic carboxylic acids is 1. The van der Waals surface area contributed by atoms with Crippen LogP contribution in [0.4, 0.5) is 5.69 Å². The van der Waals surface area contributed by atoms with Crippen LogP contribution in [0, 0.1) is 0 Å². The van der Waals surface area contributed by atoms with E-state index in [9.17, 15) is 9.90 Å². The zero-order chi connectivity index (χ0) is 13.1. The summed E-state index contributed by atoms with van der Waals surface area (Å²) >= 11 is 8.16. The van der Waals surface area contributed by atoms with Gasteiger partial charge in [0.2, 0.25) is 0 Å². The molecule has 0 saturated heterocycles. The fraction of sp³-hybridized carbons (Fsp3) is 0.0833. The number of carbonyl (C=O) groups is 1. The molecule has 1 unspecified atom stereocenters. The highest BCUT2D eigenvalue weighted by atomic mass is 79.9. The molecule has 18 heavy (non-hydrogen) atoms. The largest absolute Gasteiger partial charge is 0.479 e. The van der Waals surface area contributed by atoms with Crippen LogP contribution in [0.5, 0.6) is 0 Å². The molecule has 0 radical (unpaired) electrons. The number of rotatable bonds is 4. The summed E-state index contributed by atoms with van der Waals surface area (Å²) in [6, 6.07) is 8.52. The molecule has 0 aliphatic carbocycles. The highest BCUT2D eigenvalue weighted by Gasteiger charge is 2.23. The van der Waals surface area contributed by atoms with Crippen LogP contribution in [-0.2, 0) is 4.79 Å². The maximum Gasteiger partial charge on any atom is 0.331 e. The summed E-state index contributed by atoms with van der Waals surface area (Å²) in [5.41, 5.74) is 0.755. The van der Waals surface area contributed by atoms with E-state index in [0.29, 0.717) is 0 Å². The van der Waals surface area contributed by atoms with Gasteiger partial charge in [0, 0.05) is 14.6 Å². The molecular weight excluding hydrogens is 382 g/mol. The summed E-state index contributed by atoms with van der Waals surface area (Å²) in [6.45, 7) is 0. The van der Waals surface area contributed by atoms with Gasteiger partial charge in [0.25, 0.3) is 0 Å². The Morgan fingerprint density at radius 2 is 1.94 bits per heavy atom. The van der Waals surface area contributed by atoms with Gasteiger partial charge in [0.05, 0.1) is 4.88 Å². The Hall–Kier alpha value is -0.850. The number of thiophene rings is 1. The van der Waals surface area contributed by atoms with Gasteiger partial charge in [0.15, 0.2) is 6.04 Å². The Bertz CT molecular complexity index is 571. The Balaban J connectivity index is 2.31. The second-order valence-electron chi connectivity index (χ2n) is 3.53. The van der Waals surface area contributed by atoms with E-state index in [1.165, 1.54) is 11.3 Å². The topological polar surface area (TPSA) is 49.3 Å². The van der Waals surface area contributed by atoms with Gasteiger partial charge < -0.3 is 10.4 Å². The lowest BCUT2D eigenvalue weighted by atomic mass is 10.2. The average molecular weight is 391 g/mol. The molecule has 1 aromatic heterocycles. The molecule has 0 aliphatic heterocycles. The molecule has 0 bridgehead atoms. The third kappa shape index (κ3) is 2.93. The van der Waals surface area contributed by atoms with Crippen molar-refractivity contribution < 1.29 is 9.90 Å². The summed E-state index contributed by atoms with van der Waals surface area (Å²) < 4.78 is 1.64. The molecule has 3 nitrogen and oxygen atoms in total. The number of hydrogen-bond donors (Lipinski definition) is 2. The number of nitrogens with one attached hydrogen (secondary N) is 1. The fourth-order valence-electron chi connectivity index (χ4n) is 1.48. The van der Waals surface area contributed by atoms with Crippen molar-refractivity contribution in [2.24, 2.45) is 0 Å². The van der Waals surface area contributed by atoms with E-state index in [1.807, 2.05) is 35.7 Å². The highest BCUT2D eigenvalue weighted by Crippen LogP contribution is 2.33. The summed E-state index contributed by atoms with van der Waals surface area (Å²) in [7, 11) is 0. The number of halogens is 2. The number of anilines is 1. The van der Waals surface area contributed by atoms with Crippen molar-refractivity contribution in [1.29, 1.82) is 0 Å². The van der Waals surface area contributed by atoms with Crippen molar-refractivity contribution in [2.75, 3.05) is 5.32 Å². The minimum atomic E-state index is -0.908. The number of benzene rings is 1. The third-order valence-electron chi connectivity index (χ3n) is 2.33. The van der Waals surface area contributed by atoms with Crippen molar-refractivity contribution >= 4 is 54.9 Å². The van der Waals surface area contributed by atoms with Gasteiger partial charge >= 0.3 is 5.97 Å². The van der Waals surface area contributed by atoms with Crippen LogP contribution in [0.15, 0.2) is 44.7 Å². The molecule has 0 amide bonds. The van der Waals surface area contributed by atoms with Crippen molar-refractivity contribution in [1.82, 2.24) is 0 Å².